The first kappa shape index (κ1) is 23.0. The fourth-order valence-corrected chi connectivity index (χ4v) is 3.08. The highest BCUT2D eigenvalue weighted by atomic mass is 16.7. The van der Waals surface area contributed by atoms with Crippen molar-refractivity contribution in [2.75, 3.05) is 0 Å². The van der Waals surface area contributed by atoms with Crippen molar-refractivity contribution in [1.82, 2.24) is 10.4 Å². The Hall–Kier alpha value is -4.68. The van der Waals surface area contributed by atoms with Crippen LogP contribution in [0, 0.1) is 20.2 Å². The SMILES string of the molecule is O=C(C[C@H](NC(=O)c1cc([N+](=O)[O-])cc([N+](=O)[O-])c1)c1ccccc1)ON1C(=O)CCC1=O. The second kappa shape index (κ2) is 9.64. The fraction of sp³-hybridized carbons (Fsp3) is 0.200. The molecule has 3 amide bonds. The monoisotopic (exact) mass is 456 g/mol. The minimum absolute atomic E-state index is 0.0868. The quantitative estimate of drug-likeness (QED) is 0.353. The lowest BCUT2D eigenvalue weighted by atomic mass is 10.0. The van der Waals surface area contributed by atoms with E-state index >= 15 is 0 Å². The van der Waals surface area contributed by atoms with Gasteiger partial charge in [0.05, 0.1) is 33.9 Å². The number of rotatable bonds is 8. The van der Waals surface area contributed by atoms with Gasteiger partial charge in [-0.1, -0.05) is 30.3 Å². The van der Waals surface area contributed by atoms with E-state index in [-0.39, 0.29) is 18.4 Å². The van der Waals surface area contributed by atoms with Gasteiger partial charge in [-0.2, -0.15) is 0 Å². The molecule has 1 saturated heterocycles. The Morgan fingerprint density at radius 2 is 1.52 bits per heavy atom. The van der Waals surface area contributed by atoms with Gasteiger partial charge >= 0.3 is 5.97 Å². The van der Waals surface area contributed by atoms with E-state index < -0.39 is 57.4 Å². The molecule has 1 N–H and O–H groups in total. The first-order valence-electron chi connectivity index (χ1n) is 9.52. The van der Waals surface area contributed by atoms with Crippen molar-refractivity contribution < 1.29 is 33.9 Å². The van der Waals surface area contributed by atoms with E-state index in [1.54, 1.807) is 30.3 Å². The number of imide groups is 1. The summed E-state index contributed by atoms with van der Waals surface area (Å²) >= 11 is 0. The summed E-state index contributed by atoms with van der Waals surface area (Å²) in [6, 6.07) is 9.53. The second-order valence-corrected chi connectivity index (χ2v) is 6.94. The molecule has 0 spiro atoms. The lowest BCUT2D eigenvalue weighted by molar-refractivity contribution is -0.394. The summed E-state index contributed by atoms with van der Waals surface area (Å²) in [6.45, 7) is 0. The topological polar surface area (TPSA) is 179 Å². The van der Waals surface area contributed by atoms with Gasteiger partial charge in [-0.05, 0) is 5.56 Å². The molecule has 13 nitrogen and oxygen atoms in total. The van der Waals surface area contributed by atoms with Crippen LogP contribution in [0.15, 0.2) is 48.5 Å². The number of nitro groups is 2. The van der Waals surface area contributed by atoms with Crippen molar-refractivity contribution in [1.29, 1.82) is 0 Å². The summed E-state index contributed by atoms with van der Waals surface area (Å²) in [4.78, 5) is 73.8. The molecule has 2 aromatic rings. The molecule has 0 aliphatic carbocycles. The first-order chi connectivity index (χ1) is 15.7. The van der Waals surface area contributed by atoms with Crippen LogP contribution in [0.25, 0.3) is 0 Å². The maximum absolute atomic E-state index is 12.8. The summed E-state index contributed by atoms with van der Waals surface area (Å²) < 4.78 is 0. The van der Waals surface area contributed by atoms with Gasteiger partial charge in [-0.25, -0.2) is 4.79 Å². The van der Waals surface area contributed by atoms with Crippen molar-refractivity contribution in [3.63, 3.8) is 0 Å². The van der Waals surface area contributed by atoms with Crippen molar-refractivity contribution in [2.24, 2.45) is 0 Å². The molecular formula is C20H16N4O9. The van der Waals surface area contributed by atoms with E-state index in [0.29, 0.717) is 16.7 Å². The van der Waals surface area contributed by atoms with Crippen LogP contribution in [-0.2, 0) is 19.2 Å². The molecule has 0 saturated carbocycles. The van der Waals surface area contributed by atoms with Crippen molar-refractivity contribution in [3.8, 4) is 0 Å². The molecule has 1 aliphatic heterocycles. The van der Waals surface area contributed by atoms with E-state index in [4.69, 9.17) is 4.84 Å². The third-order valence-corrected chi connectivity index (χ3v) is 4.66. The Morgan fingerprint density at radius 1 is 0.970 bits per heavy atom. The van der Waals surface area contributed by atoms with Gasteiger partial charge in [0.1, 0.15) is 0 Å². The molecule has 0 unspecified atom stereocenters. The zero-order valence-electron chi connectivity index (χ0n) is 16.8. The number of amides is 3. The van der Waals surface area contributed by atoms with Gasteiger partial charge in [0.15, 0.2) is 0 Å². The zero-order valence-corrected chi connectivity index (χ0v) is 16.8. The molecule has 1 aliphatic rings. The van der Waals surface area contributed by atoms with E-state index in [0.717, 1.165) is 12.1 Å². The zero-order chi connectivity index (χ0) is 24.1. The van der Waals surface area contributed by atoms with Gasteiger partial charge in [0.2, 0.25) is 0 Å². The third kappa shape index (κ3) is 5.52. The highest BCUT2D eigenvalue weighted by Gasteiger charge is 2.34. The Balaban J connectivity index is 1.84. The number of carbonyl (C=O) groups is 4. The Bertz CT molecular complexity index is 1100. The van der Waals surface area contributed by atoms with Crippen LogP contribution in [0.4, 0.5) is 11.4 Å². The summed E-state index contributed by atoms with van der Waals surface area (Å²) in [7, 11) is 0. The van der Waals surface area contributed by atoms with Crippen LogP contribution in [-0.4, -0.2) is 38.6 Å². The number of nitrogens with zero attached hydrogens (tertiary/aromatic N) is 3. The Morgan fingerprint density at radius 3 is 2.03 bits per heavy atom. The fourth-order valence-electron chi connectivity index (χ4n) is 3.08. The van der Waals surface area contributed by atoms with Crippen LogP contribution in [0.1, 0.15) is 41.2 Å². The largest absolute Gasteiger partial charge is 0.345 e. The molecule has 0 radical (unpaired) electrons. The number of hydrogen-bond donors (Lipinski definition) is 1. The van der Waals surface area contributed by atoms with Crippen LogP contribution in [0.2, 0.25) is 0 Å². The van der Waals surface area contributed by atoms with Crippen LogP contribution < -0.4 is 5.32 Å². The lowest BCUT2D eigenvalue weighted by Crippen LogP contribution is -2.35. The smallest absolute Gasteiger partial charge is 0.335 e. The van der Waals surface area contributed by atoms with E-state index in [1.807, 2.05) is 0 Å². The van der Waals surface area contributed by atoms with Crippen LogP contribution in [0.3, 0.4) is 0 Å². The molecule has 13 heteroatoms. The molecule has 3 rings (SSSR count). The molecule has 1 heterocycles. The third-order valence-electron chi connectivity index (χ3n) is 4.66. The lowest BCUT2D eigenvalue weighted by Gasteiger charge is -2.20. The van der Waals surface area contributed by atoms with Crippen LogP contribution in [0.5, 0.6) is 0 Å². The molecule has 170 valence electrons. The average molecular weight is 456 g/mol. The number of benzene rings is 2. The molecule has 0 bridgehead atoms. The first-order valence-corrected chi connectivity index (χ1v) is 9.52. The molecule has 1 atom stereocenters. The van der Waals surface area contributed by atoms with Crippen molar-refractivity contribution in [2.45, 2.75) is 25.3 Å². The maximum Gasteiger partial charge on any atom is 0.335 e. The van der Waals surface area contributed by atoms with E-state index in [2.05, 4.69) is 5.32 Å². The Kier molecular flexibility index (Phi) is 6.71. The predicted octanol–water partition coefficient (Wildman–Crippen LogP) is 1.97. The van der Waals surface area contributed by atoms with E-state index in [1.165, 1.54) is 0 Å². The summed E-state index contributed by atoms with van der Waals surface area (Å²) in [6.07, 6.45) is -0.670. The van der Waals surface area contributed by atoms with Gasteiger partial charge in [-0.3, -0.25) is 34.6 Å². The van der Waals surface area contributed by atoms with Crippen molar-refractivity contribution >= 4 is 35.1 Å². The number of carbonyl (C=O) groups excluding carboxylic acids is 4. The minimum atomic E-state index is -1.03. The molecule has 2 aromatic carbocycles. The van der Waals surface area contributed by atoms with E-state index in [9.17, 15) is 39.4 Å². The number of nitro benzene ring substituents is 2. The highest BCUT2D eigenvalue weighted by molar-refractivity contribution is 6.01. The van der Waals surface area contributed by atoms with Gasteiger partial charge < -0.3 is 10.2 Å². The normalized spacial score (nSPS) is 14.0. The average Bonchev–Trinajstić information content (AvgIpc) is 3.10. The maximum atomic E-state index is 12.8. The van der Waals surface area contributed by atoms with Crippen molar-refractivity contribution in [3.05, 3.63) is 79.9 Å². The van der Waals surface area contributed by atoms with Gasteiger partial charge in [-0.15, -0.1) is 5.06 Å². The Labute approximate surface area is 185 Å². The predicted molar refractivity (Wildman–Crippen MR) is 108 cm³/mol. The highest BCUT2D eigenvalue weighted by Crippen LogP contribution is 2.25. The number of nitrogens with one attached hydrogen (secondary N) is 1. The van der Waals surface area contributed by atoms with Crippen LogP contribution >= 0.6 is 0 Å². The summed E-state index contributed by atoms with van der Waals surface area (Å²) in [5, 5.41) is 25.0. The minimum Gasteiger partial charge on any atom is -0.345 e. The number of non-ortho nitro benzene ring substituents is 2. The van der Waals surface area contributed by atoms with Gasteiger partial charge in [0, 0.05) is 25.0 Å². The standard InChI is InChI=1S/C20H16N4O9/c25-17-6-7-18(26)22(17)33-19(27)11-16(12-4-2-1-3-5-12)21-20(28)13-8-14(23(29)30)10-15(9-13)24(31)32/h1-5,8-10,16H,6-7,11H2,(H,21,28)/t16-/m0/s1. The van der Waals surface area contributed by atoms with Gasteiger partial charge in [0.25, 0.3) is 29.1 Å². The molecule has 33 heavy (non-hydrogen) atoms. The number of hydroxylamine groups is 2. The molecule has 1 fully saturated rings. The molecular weight excluding hydrogens is 440 g/mol. The summed E-state index contributed by atoms with van der Waals surface area (Å²) in [5.41, 5.74) is -1.23. The summed E-state index contributed by atoms with van der Waals surface area (Å²) in [5.74, 6) is -3.25. The number of hydrogen-bond acceptors (Lipinski definition) is 9. The second-order valence-electron chi connectivity index (χ2n) is 6.94. The molecule has 0 aromatic heterocycles.